The lowest BCUT2D eigenvalue weighted by Gasteiger charge is -2.33. The molecule has 0 radical (unpaired) electrons. The zero-order valence-corrected chi connectivity index (χ0v) is 13.4. The van der Waals surface area contributed by atoms with Crippen molar-refractivity contribution in [3.8, 4) is 5.75 Å². The van der Waals surface area contributed by atoms with Crippen LogP contribution in [0.2, 0.25) is 0 Å². The summed E-state index contributed by atoms with van der Waals surface area (Å²) in [4.78, 5) is 16.0. The molecule has 1 saturated heterocycles. The third-order valence-electron chi connectivity index (χ3n) is 3.94. The molecular formula is C18H19FN2O3. The summed E-state index contributed by atoms with van der Waals surface area (Å²) in [5.41, 5.74) is 1.27. The number of carbonyl (C=O) groups is 1. The molecule has 0 spiro atoms. The molecule has 5 nitrogen and oxygen atoms in total. The highest BCUT2D eigenvalue weighted by Gasteiger charge is 2.35. The van der Waals surface area contributed by atoms with Crippen LogP contribution in [0, 0.1) is 12.9 Å². The van der Waals surface area contributed by atoms with Gasteiger partial charge < -0.3 is 14.8 Å². The van der Waals surface area contributed by atoms with E-state index in [1.807, 2.05) is 30.3 Å². The van der Waals surface area contributed by atoms with Gasteiger partial charge in [-0.15, -0.1) is 0 Å². The Bertz CT molecular complexity index is 705. The van der Waals surface area contributed by atoms with Crippen molar-refractivity contribution in [1.82, 2.24) is 10.3 Å². The summed E-state index contributed by atoms with van der Waals surface area (Å²) in [5, 5.41) is 3.15. The molecule has 1 N–H and O–H groups in total. The van der Waals surface area contributed by atoms with Gasteiger partial charge in [-0.2, -0.15) is 4.39 Å². The number of aryl methyl sites for hydroxylation is 1. The number of esters is 1. The Morgan fingerprint density at radius 3 is 2.79 bits per heavy atom. The van der Waals surface area contributed by atoms with E-state index in [1.165, 1.54) is 12.3 Å². The van der Waals surface area contributed by atoms with Crippen molar-refractivity contribution in [1.29, 1.82) is 0 Å². The van der Waals surface area contributed by atoms with E-state index in [0.29, 0.717) is 11.3 Å². The third kappa shape index (κ3) is 3.89. The van der Waals surface area contributed by atoms with Crippen molar-refractivity contribution in [2.75, 3.05) is 6.54 Å². The second-order valence-electron chi connectivity index (χ2n) is 5.76. The fourth-order valence-corrected chi connectivity index (χ4v) is 2.42. The summed E-state index contributed by atoms with van der Waals surface area (Å²) in [7, 11) is 0. The normalized spacial score (nSPS) is 17.7. The number of hydrogen-bond acceptors (Lipinski definition) is 5. The maximum atomic E-state index is 13.3. The topological polar surface area (TPSA) is 60.5 Å². The molecule has 1 aromatic heterocycles. The summed E-state index contributed by atoms with van der Waals surface area (Å²) in [6, 6.07) is 10.9. The number of aromatic nitrogens is 1. The summed E-state index contributed by atoms with van der Waals surface area (Å²) in [6.07, 6.45) is 1.31. The van der Waals surface area contributed by atoms with Gasteiger partial charge in [0.2, 0.25) is 12.1 Å². The van der Waals surface area contributed by atoms with Crippen LogP contribution in [0.15, 0.2) is 42.6 Å². The second-order valence-corrected chi connectivity index (χ2v) is 5.76. The molecule has 0 saturated carbocycles. The maximum absolute atomic E-state index is 13.3. The zero-order valence-electron chi connectivity index (χ0n) is 13.4. The Kier molecular flexibility index (Phi) is 5.05. The van der Waals surface area contributed by atoms with Gasteiger partial charge in [0.1, 0.15) is 12.4 Å². The van der Waals surface area contributed by atoms with Crippen molar-refractivity contribution in [2.24, 2.45) is 0 Å². The van der Waals surface area contributed by atoms with Crippen LogP contribution in [-0.4, -0.2) is 29.6 Å². The Balaban J connectivity index is 1.66. The Labute approximate surface area is 139 Å². The lowest BCUT2D eigenvalue weighted by molar-refractivity contribution is -0.155. The van der Waals surface area contributed by atoms with E-state index >= 15 is 0 Å². The SMILES string of the molecule is Cc1cc(OC(C(=O)OCc2ccccc2)[C@@H]2CCN2)cnc1F. The monoisotopic (exact) mass is 330 g/mol. The molecule has 0 amide bonds. The van der Waals surface area contributed by atoms with Gasteiger partial charge in [-0.05, 0) is 31.5 Å². The lowest BCUT2D eigenvalue weighted by Crippen LogP contribution is -2.56. The molecule has 126 valence electrons. The third-order valence-corrected chi connectivity index (χ3v) is 3.94. The van der Waals surface area contributed by atoms with Gasteiger partial charge >= 0.3 is 5.97 Å². The van der Waals surface area contributed by atoms with Crippen LogP contribution >= 0.6 is 0 Å². The van der Waals surface area contributed by atoms with E-state index < -0.39 is 18.0 Å². The molecule has 1 fully saturated rings. The molecule has 2 aromatic rings. The number of nitrogens with zero attached hydrogens (tertiary/aromatic N) is 1. The first-order valence-electron chi connectivity index (χ1n) is 7.86. The van der Waals surface area contributed by atoms with Crippen LogP contribution in [0.5, 0.6) is 5.75 Å². The van der Waals surface area contributed by atoms with Crippen molar-refractivity contribution < 1.29 is 18.7 Å². The Hall–Kier alpha value is -2.47. The fourth-order valence-electron chi connectivity index (χ4n) is 2.42. The maximum Gasteiger partial charge on any atom is 0.349 e. The van der Waals surface area contributed by atoms with E-state index in [-0.39, 0.29) is 12.6 Å². The average Bonchev–Trinajstić information content (AvgIpc) is 2.54. The Morgan fingerprint density at radius 1 is 1.42 bits per heavy atom. The van der Waals surface area contributed by atoms with E-state index in [9.17, 15) is 9.18 Å². The van der Waals surface area contributed by atoms with Crippen molar-refractivity contribution in [2.45, 2.75) is 32.1 Å². The van der Waals surface area contributed by atoms with Crippen LogP contribution in [0.3, 0.4) is 0 Å². The van der Waals surface area contributed by atoms with Gasteiger partial charge in [0.25, 0.3) is 0 Å². The molecule has 6 heteroatoms. The highest BCUT2D eigenvalue weighted by atomic mass is 19.1. The van der Waals surface area contributed by atoms with Gasteiger partial charge in [0.15, 0.2) is 0 Å². The lowest BCUT2D eigenvalue weighted by atomic mass is 10.0. The number of hydrogen-bond donors (Lipinski definition) is 1. The number of rotatable bonds is 6. The molecule has 1 aliphatic heterocycles. The van der Waals surface area contributed by atoms with Gasteiger partial charge in [-0.1, -0.05) is 30.3 Å². The molecule has 1 unspecified atom stereocenters. The number of benzene rings is 1. The van der Waals surface area contributed by atoms with Crippen LogP contribution in [-0.2, 0) is 16.1 Å². The largest absolute Gasteiger partial charge is 0.475 e. The quantitative estimate of drug-likeness (QED) is 0.651. The average molecular weight is 330 g/mol. The van der Waals surface area contributed by atoms with Gasteiger partial charge in [-0.3, -0.25) is 0 Å². The highest BCUT2D eigenvalue weighted by molar-refractivity contribution is 5.76. The van der Waals surface area contributed by atoms with Crippen LogP contribution in [0.1, 0.15) is 17.5 Å². The van der Waals surface area contributed by atoms with Crippen molar-refractivity contribution in [3.63, 3.8) is 0 Å². The molecule has 1 aromatic carbocycles. The molecule has 24 heavy (non-hydrogen) atoms. The van der Waals surface area contributed by atoms with Crippen LogP contribution in [0.25, 0.3) is 0 Å². The van der Waals surface area contributed by atoms with Crippen LogP contribution in [0.4, 0.5) is 4.39 Å². The first kappa shape index (κ1) is 16.4. The number of ether oxygens (including phenoxy) is 2. The smallest absolute Gasteiger partial charge is 0.349 e. The summed E-state index contributed by atoms with van der Waals surface area (Å²) < 4.78 is 24.4. The number of halogens is 1. The second kappa shape index (κ2) is 7.40. The minimum atomic E-state index is -0.783. The van der Waals surface area contributed by atoms with Crippen molar-refractivity contribution >= 4 is 5.97 Å². The number of carbonyl (C=O) groups excluding carboxylic acids is 1. The molecule has 2 heterocycles. The minimum absolute atomic E-state index is 0.112. The first-order valence-corrected chi connectivity index (χ1v) is 7.86. The minimum Gasteiger partial charge on any atom is -0.475 e. The predicted molar refractivity (Wildman–Crippen MR) is 86.0 cm³/mol. The molecule has 0 aliphatic carbocycles. The van der Waals surface area contributed by atoms with Gasteiger partial charge in [0, 0.05) is 5.56 Å². The first-order chi connectivity index (χ1) is 11.6. The number of pyridine rings is 1. The molecular weight excluding hydrogens is 311 g/mol. The van der Waals surface area contributed by atoms with E-state index in [2.05, 4.69) is 10.3 Å². The van der Waals surface area contributed by atoms with E-state index in [4.69, 9.17) is 9.47 Å². The fraction of sp³-hybridized carbons (Fsp3) is 0.333. The molecule has 0 bridgehead atoms. The van der Waals surface area contributed by atoms with Gasteiger partial charge in [-0.25, -0.2) is 9.78 Å². The predicted octanol–water partition coefficient (Wildman–Crippen LogP) is 2.38. The van der Waals surface area contributed by atoms with Gasteiger partial charge in [0.05, 0.1) is 12.2 Å². The van der Waals surface area contributed by atoms with Crippen molar-refractivity contribution in [3.05, 3.63) is 59.7 Å². The molecule has 1 aliphatic rings. The summed E-state index contributed by atoms with van der Waals surface area (Å²) >= 11 is 0. The van der Waals surface area contributed by atoms with E-state index in [0.717, 1.165) is 18.5 Å². The number of nitrogens with one attached hydrogen (secondary N) is 1. The van der Waals surface area contributed by atoms with E-state index in [1.54, 1.807) is 6.92 Å². The standard InChI is InChI=1S/C18H19FN2O3/c1-12-9-14(10-21-17(12)19)24-16(15-7-8-20-15)18(22)23-11-13-5-3-2-4-6-13/h2-6,9-10,15-16,20H,7-8,11H2,1H3/t15-,16?/m0/s1. The Morgan fingerprint density at radius 2 is 2.17 bits per heavy atom. The zero-order chi connectivity index (χ0) is 16.9. The highest BCUT2D eigenvalue weighted by Crippen LogP contribution is 2.20. The summed E-state index contributed by atoms with van der Waals surface area (Å²) in [5.74, 6) is -0.644. The summed E-state index contributed by atoms with van der Waals surface area (Å²) in [6.45, 7) is 2.61. The molecule has 3 rings (SSSR count). The molecule has 2 atom stereocenters. The van der Waals surface area contributed by atoms with Crippen LogP contribution < -0.4 is 10.1 Å².